The van der Waals surface area contributed by atoms with Gasteiger partial charge in [0, 0.05) is 17.0 Å². The van der Waals surface area contributed by atoms with Crippen LogP contribution in [0.15, 0.2) is 0 Å². The highest BCUT2D eigenvalue weighted by Crippen LogP contribution is 2.17. The lowest BCUT2D eigenvalue weighted by Crippen LogP contribution is -2.17. The fourth-order valence-electron chi connectivity index (χ4n) is 0.546. The van der Waals surface area contributed by atoms with E-state index in [9.17, 15) is 0 Å². The zero-order chi connectivity index (χ0) is 5.11. The van der Waals surface area contributed by atoms with E-state index in [-0.39, 0.29) is 0 Å². The van der Waals surface area contributed by atoms with E-state index >= 15 is 0 Å². The topological polar surface area (TPSA) is 12.0 Å². The summed E-state index contributed by atoms with van der Waals surface area (Å²) in [6.45, 7) is 1.20. The lowest BCUT2D eigenvalue weighted by Gasteiger charge is -1.93. The first-order valence-electron chi connectivity index (χ1n) is 2.73. The van der Waals surface area contributed by atoms with Gasteiger partial charge in [0.2, 0.25) is 0 Å². The van der Waals surface area contributed by atoms with Crippen molar-refractivity contribution in [2.24, 2.45) is 0 Å². The Hall–Kier alpha value is 0.690. The second-order valence-electron chi connectivity index (χ2n) is 1.92. The number of alkyl halides is 1. The Bertz CT molecular complexity index is 52.0. The summed E-state index contributed by atoms with van der Waals surface area (Å²) in [6.07, 6.45) is 2.83. The Morgan fingerprint density at radius 1 is 1.57 bits per heavy atom. The fraction of sp³-hybridized carbons (Fsp3) is 1.00. The average Bonchev–Trinajstić information content (AvgIpc) is 2.42. The van der Waals surface area contributed by atoms with Gasteiger partial charge in [-0.3, -0.25) is 0 Å². The molecule has 2 heteroatoms. The van der Waals surface area contributed by atoms with E-state index in [1.165, 1.54) is 23.8 Å². The molecule has 0 saturated heterocycles. The molecule has 42 valence electrons. The third kappa shape index (κ3) is 2.49. The molecule has 7 heavy (non-hydrogen) atoms. The van der Waals surface area contributed by atoms with E-state index in [1.54, 1.807) is 0 Å². The van der Waals surface area contributed by atoms with Crippen LogP contribution in [0.5, 0.6) is 0 Å². The zero-order valence-electron chi connectivity index (χ0n) is 4.28. The predicted molar refractivity (Wildman–Crippen MR) is 39.9 cm³/mol. The normalized spacial score (nSPS) is 20.1. The second kappa shape index (κ2) is 2.87. The largest absolute Gasteiger partial charge is 0.313 e. The van der Waals surface area contributed by atoms with Gasteiger partial charge in [0.25, 0.3) is 0 Å². The number of hydrogen-bond donors (Lipinski definition) is 1. The van der Waals surface area contributed by atoms with Gasteiger partial charge >= 0.3 is 0 Å². The molecule has 1 saturated carbocycles. The maximum Gasteiger partial charge on any atom is 0.0121 e. The maximum atomic E-state index is 3.40. The Morgan fingerprint density at radius 3 is 2.71 bits per heavy atom. The molecule has 0 spiro atoms. The van der Waals surface area contributed by atoms with Crippen LogP contribution >= 0.6 is 22.6 Å². The van der Waals surface area contributed by atoms with Crippen LogP contribution in [-0.2, 0) is 0 Å². The molecule has 1 N–H and O–H groups in total. The number of halogens is 1. The van der Waals surface area contributed by atoms with Crippen molar-refractivity contribution in [1.29, 1.82) is 0 Å². The van der Waals surface area contributed by atoms with Crippen LogP contribution < -0.4 is 5.32 Å². The minimum atomic E-state index is 0.898. The summed E-state index contributed by atoms with van der Waals surface area (Å²) in [7, 11) is 0. The molecule has 1 aliphatic carbocycles. The number of hydrogen-bond acceptors (Lipinski definition) is 1. The van der Waals surface area contributed by atoms with Gasteiger partial charge in [0.1, 0.15) is 0 Å². The van der Waals surface area contributed by atoms with Gasteiger partial charge in [-0.15, -0.1) is 0 Å². The third-order valence-electron chi connectivity index (χ3n) is 1.10. The smallest absolute Gasteiger partial charge is 0.0121 e. The van der Waals surface area contributed by atoms with E-state index < -0.39 is 0 Å². The summed E-state index contributed by atoms with van der Waals surface area (Å²) in [4.78, 5) is 0. The Morgan fingerprint density at radius 2 is 2.29 bits per heavy atom. The SMILES string of the molecule is ICCNC1CC1. The molecule has 0 aromatic rings. The van der Waals surface area contributed by atoms with Crippen LogP contribution in [0.4, 0.5) is 0 Å². The van der Waals surface area contributed by atoms with Crippen LogP contribution in [-0.4, -0.2) is 17.0 Å². The van der Waals surface area contributed by atoms with Gasteiger partial charge in [-0.2, -0.15) is 0 Å². The van der Waals surface area contributed by atoms with Crippen molar-refractivity contribution >= 4 is 22.6 Å². The van der Waals surface area contributed by atoms with E-state index in [0.29, 0.717) is 0 Å². The van der Waals surface area contributed by atoms with Crippen molar-refractivity contribution < 1.29 is 0 Å². The molecule has 0 aromatic heterocycles. The number of nitrogens with one attached hydrogen (secondary N) is 1. The standard InChI is InChI=1S/C5H10IN/c6-3-4-7-5-1-2-5/h5,7H,1-4H2. The Kier molecular flexibility index (Phi) is 2.38. The third-order valence-corrected chi connectivity index (χ3v) is 1.64. The van der Waals surface area contributed by atoms with E-state index in [4.69, 9.17) is 0 Å². The molecule has 1 fully saturated rings. The first kappa shape index (κ1) is 5.82. The van der Waals surface area contributed by atoms with Crippen LogP contribution in [0.1, 0.15) is 12.8 Å². The van der Waals surface area contributed by atoms with Gasteiger partial charge in [-0.05, 0) is 12.8 Å². The Labute approximate surface area is 58.0 Å². The van der Waals surface area contributed by atoms with Crippen molar-refractivity contribution in [2.75, 3.05) is 11.0 Å². The summed E-state index contributed by atoms with van der Waals surface area (Å²) < 4.78 is 1.24. The summed E-state index contributed by atoms with van der Waals surface area (Å²) >= 11 is 2.39. The Balaban J connectivity index is 1.80. The van der Waals surface area contributed by atoms with Crippen LogP contribution in [0.2, 0.25) is 0 Å². The van der Waals surface area contributed by atoms with Gasteiger partial charge < -0.3 is 5.32 Å². The van der Waals surface area contributed by atoms with Gasteiger partial charge in [-0.25, -0.2) is 0 Å². The zero-order valence-corrected chi connectivity index (χ0v) is 6.44. The van der Waals surface area contributed by atoms with E-state index in [0.717, 1.165) is 6.04 Å². The lowest BCUT2D eigenvalue weighted by molar-refractivity contribution is 0.730. The number of rotatable bonds is 3. The highest BCUT2D eigenvalue weighted by atomic mass is 127. The van der Waals surface area contributed by atoms with Crippen molar-refractivity contribution in [3.63, 3.8) is 0 Å². The van der Waals surface area contributed by atoms with Gasteiger partial charge in [0.15, 0.2) is 0 Å². The molecule has 0 aliphatic heterocycles. The monoisotopic (exact) mass is 211 g/mol. The molecule has 1 rings (SSSR count). The molecule has 0 unspecified atom stereocenters. The molecule has 0 bridgehead atoms. The van der Waals surface area contributed by atoms with E-state index in [1.807, 2.05) is 0 Å². The summed E-state index contributed by atoms with van der Waals surface area (Å²) in [5.74, 6) is 0. The highest BCUT2D eigenvalue weighted by Gasteiger charge is 2.18. The molecule has 0 amide bonds. The molecular weight excluding hydrogens is 201 g/mol. The molecule has 0 radical (unpaired) electrons. The lowest BCUT2D eigenvalue weighted by atomic mass is 10.6. The van der Waals surface area contributed by atoms with Crippen molar-refractivity contribution in [2.45, 2.75) is 18.9 Å². The van der Waals surface area contributed by atoms with Crippen molar-refractivity contribution in [3.05, 3.63) is 0 Å². The summed E-state index contributed by atoms with van der Waals surface area (Å²) in [6, 6.07) is 0.898. The fourth-order valence-corrected chi connectivity index (χ4v) is 0.858. The molecular formula is C5H10IN. The predicted octanol–water partition coefficient (Wildman–Crippen LogP) is 1.17. The second-order valence-corrected chi connectivity index (χ2v) is 3.00. The molecule has 1 aliphatic rings. The average molecular weight is 211 g/mol. The van der Waals surface area contributed by atoms with Gasteiger partial charge in [-0.1, -0.05) is 22.6 Å². The first-order chi connectivity index (χ1) is 3.43. The van der Waals surface area contributed by atoms with Crippen molar-refractivity contribution in [3.8, 4) is 0 Å². The quantitative estimate of drug-likeness (QED) is 0.545. The van der Waals surface area contributed by atoms with Crippen LogP contribution in [0.25, 0.3) is 0 Å². The molecule has 0 heterocycles. The van der Waals surface area contributed by atoms with Crippen LogP contribution in [0, 0.1) is 0 Å². The first-order valence-corrected chi connectivity index (χ1v) is 4.25. The molecule has 0 aromatic carbocycles. The van der Waals surface area contributed by atoms with Gasteiger partial charge in [0.05, 0.1) is 0 Å². The summed E-state index contributed by atoms with van der Waals surface area (Å²) in [5.41, 5.74) is 0. The minimum absolute atomic E-state index is 0.898. The van der Waals surface area contributed by atoms with Crippen LogP contribution in [0.3, 0.4) is 0 Å². The summed E-state index contributed by atoms with van der Waals surface area (Å²) in [5, 5.41) is 3.40. The minimum Gasteiger partial charge on any atom is -0.313 e. The molecule has 0 atom stereocenters. The highest BCUT2D eigenvalue weighted by molar-refractivity contribution is 14.1. The molecule has 1 nitrogen and oxygen atoms in total. The van der Waals surface area contributed by atoms with Crippen molar-refractivity contribution in [1.82, 2.24) is 5.32 Å². The maximum absolute atomic E-state index is 3.40. The van der Waals surface area contributed by atoms with E-state index in [2.05, 4.69) is 27.9 Å².